The van der Waals surface area contributed by atoms with Crippen LogP contribution in [0.1, 0.15) is 12.0 Å². The zero-order valence-corrected chi connectivity index (χ0v) is 11.2. The molecule has 0 spiro atoms. The minimum atomic E-state index is -0.218. The molecule has 1 aromatic rings. The minimum absolute atomic E-state index is 0.164. The van der Waals surface area contributed by atoms with Crippen LogP contribution in [0.2, 0.25) is 0 Å². The van der Waals surface area contributed by atoms with E-state index in [0.29, 0.717) is 0 Å². The number of nitrogens with zero attached hydrogens (tertiary/aromatic N) is 2. The number of hydrazone groups is 1. The smallest absolute Gasteiger partial charge is 0.254 e. The number of hydrogen-bond donors (Lipinski definition) is 1. The molecule has 1 N–H and O–H groups in total. The van der Waals surface area contributed by atoms with E-state index < -0.39 is 0 Å². The highest BCUT2D eigenvalue weighted by Crippen LogP contribution is 2.52. The van der Waals surface area contributed by atoms with Crippen molar-refractivity contribution in [3.8, 4) is 5.75 Å². The number of aromatic hydroxyl groups is 1. The molecule has 21 heavy (non-hydrogen) atoms. The molecule has 5 nitrogen and oxygen atoms in total. The summed E-state index contributed by atoms with van der Waals surface area (Å²) in [7, 11) is 0. The molecule has 1 saturated heterocycles. The lowest BCUT2D eigenvalue weighted by molar-refractivity contribution is -0.140. The number of rotatable bonds is 2. The first kappa shape index (κ1) is 12.3. The highest BCUT2D eigenvalue weighted by Gasteiger charge is 2.59. The second kappa shape index (κ2) is 4.28. The molecule has 0 radical (unpaired) electrons. The molecule has 2 amide bonds. The molecule has 1 heterocycles. The second-order valence-corrected chi connectivity index (χ2v) is 5.82. The van der Waals surface area contributed by atoms with Gasteiger partial charge in [-0.2, -0.15) is 10.1 Å². The van der Waals surface area contributed by atoms with Crippen LogP contribution >= 0.6 is 0 Å². The maximum Gasteiger partial charge on any atom is 0.254 e. The van der Waals surface area contributed by atoms with Gasteiger partial charge >= 0.3 is 0 Å². The van der Waals surface area contributed by atoms with Gasteiger partial charge in [0.25, 0.3) is 11.8 Å². The molecule has 2 bridgehead atoms. The lowest BCUT2D eigenvalue weighted by Gasteiger charge is -2.13. The summed E-state index contributed by atoms with van der Waals surface area (Å²) in [5.74, 6) is -0.240. The maximum atomic E-state index is 12.4. The minimum Gasteiger partial charge on any atom is -0.508 e. The van der Waals surface area contributed by atoms with Gasteiger partial charge in [0.15, 0.2) is 0 Å². The van der Waals surface area contributed by atoms with Crippen molar-refractivity contribution < 1.29 is 14.7 Å². The Morgan fingerprint density at radius 3 is 2.19 bits per heavy atom. The lowest BCUT2D eigenvalue weighted by Crippen LogP contribution is -2.28. The number of amides is 2. The predicted molar refractivity (Wildman–Crippen MR) is 75.3 cm³/mol. The van der Waals surface area contributed by atoms with Gasteiger partial charge in [-0.25, -0.2) is 0 Å². The van der Waals surface area contributed by atoms with Gasteiger partial charge < -0.3 is 5.11 Å². The molecular weight excluding hydrogens is 268 g/mol. The van der Waals surface area contributed by atoms with Crippen LogP contribution in [0.15, 0.2) is 41.5 Å². The lowest BCUT2D eigenvalue weighted by atomic mass is 9.85. The van der Waals surface area contributed by atoms with Crippen molar-refractivity contribution in [3.63, 3.8) is 0 Å². The van der Waals surface area contributed by atoms with Gasteiger partial charge in [-0.3, -0.25) is 9.59 Å². The van der Waals surface area contributed by atoms with E-state index in [-0.39, 0.29) is 41.2 Å². The van der Waals surface area contributed by atoms with E-state index in [1.807, 2.05) is 0 Å². The number of carbonyl (C=O) groups excluding carboxylic acids is 2. The monoisotopic (exact) mass is 282 g/mol. The zero-order chi connectivity index (χ0) is 14.6. The van der Waals surface area contributed by atoms with E-state index in [2.05, 4.69) is 17.3 Å². The van der Waals surface area contributed by atoms with Gasteiger partial charge in [0.1, 0.15) is 5.75 Å². The van der Waals surface area contributed by atoms with Gasteiger partial charge in [-0.1, -0.05) is 12.2 Å². The highest BCUT2D eigenvalue weighted by atomic mass is 16.3. The topological polar surface area (TPSA) is 70.0 Å². The number of hydrogen-bond acceptors (Lipinski definition) is 4. The molecule has 1 saturated carbocycles. The number of carbonyl (C=O) groups is 2. The summed E-state index contributed by atoms with van der Waals surface area (Å²) < 4.78 is 0. The third kappa shape index (κ3) is 1.73. The van der Waals surface area contributed by atoms with E-state index in [1.165, 1.54) is 18.3 Å². The number of allylic oxidation sites excluding steroid dienone is 2. The Kier molecular flexibility index (Phi) is 2.51. The average Bonchev–Trinajstić information content (AvgIpc) is 3.14. The zero-order valence-electron chi connectivity index (χ0n) is 11.2. The Labute approximate surface area is 121 Å². The van der Waals surface area contributed by atoms with E-state index in [9.17, 15) is 14.7 Å². The van der Waals surface area contributed by atoms with Gasteiger partial charge in [0, 0.05) is 0 Å². The molecule has 3 aliphatic rings. The van der Waals surface area contributed by atoms with Crippen molar-refractivity contribution in [3.05, 3.63) is 42.0 Å². The predicted octanol–water partition coefficient (Wildman–Crippen LogP) is 1.53. The van der Waals surface area contributed by atoms with Crippen molar-refractivity contribution in [2.24, 2.45) is 28.8 Å². The van der Waals surface area contributed by atoms with Crippen molar-refractivity contribution in [1.29, 1.82) is 0 Å². The van der Waals surface area contributed by atoms with E-state index in [4.69, 9.17) is 0 Å². The van der Waals surface area contributed by atoms with Gasteiger partial charge in [0.2, 0.25) is 0 Å². The summed E-state index contributed by atoms with van der Waals surface area (Å²) in [6.07, 6.45) is 6.52. The summed E-state index contributed by atoms with van der Waals surface area (Å²) in [4.78, 5) is 24.8. The molecule has 5 heteroatoms. The van der Waals surface area contributed by atoms with Crippen molar-refractivity contribution in [2.45, 2.75) is 6.42 Å². The molecule has 2 aliphatic carbocycles. The fourth-order valence-corrected chi connectivity index (χ4v) is 3.69. The van der Waals surface area contributed by atoms with Crippen LogP contribution in [0.25, 0.3) is 0 Å². The Morgan fingerprint density at radius 2 is 1.62 bits per heavy atom. The summed E-state index contributed by atoms with van der Waals surface area (Å²) in [5.41, 5.74) is 0.728. The van der Waals surface area contributed by atoms with E-state index >= 15 is 0 Å². The Hall–Kier alpha value is -2.43. The number of fused-ring (bicyclic) bond motifs is 5. The molecule has 4 atom stereocenters. The average molecular weight is 282 g/mol. The number of benzene rings is 1. The number of imide groups is 1. The normalized spacial score (nSPS) is 33.4. The van der Waals surface area contributed by atoms with Crippen LogP contribution in [0.5, 0.6) is 5.75 Å². The van der Waals surface area contributed by atoms with Crippen LogP contribution in [0.3, 0.4) is 0 Å². The molecule has 4 rings (SSSR count). The maximum absolute atomic E-state index is 12.4. The van der Waals surface area contributed by atoms with Gasteiger partial charge in [-0.05, 0) is 48.1 Å². The Bertz CT molecular complexity index is 647. The first-order chi connectivity index (χ1) is 10.1. The van der Waals surface area contributed by atoms with Crippen LogP contribution in [-0.4, -0.2) is 28.1 Å². The third-order valence-electron chi connectivity index (χ3n) is 4.66. The molecule has 0 aromatic heterocycles. The standard InChI is InChI=1S/C16H14N2O3/c19-12-5-1-9(2-6-12)8-17-18-15(20)13-10-3-4-11(7-10)14(13)16(18)21/h1-6,8,10-11,13-14,19H,7H2/b17-8-/t10-,11-,13-,14+/m0/s1. The molecular formula is C16H14N2O3. The summed E-state index contributed by atoms with van der Waals surface area (Å²) in [5, 5.41) is 14.3. The Morgan fingerprint density at radius 1 is 1.05 bits per heavy atom. The molecule has 1 aromatic carbocycles. The Balaban J connectivity index is 1.58. The fraction of sp³-hybridized carbons (Fsp3) is 0.312. The van der Waals surface area contributed by atoms with E-state index in [0.717, 1.165) is 17.0 Å². The van der Waals surface area contributed by atoms with Crippen molar-refractivity contribution >= 4 is 18.0 Å². The molecule has 106 valence electrons. The fourth-order valence-electron chi connectivity index (χ4n) is 3.69. The summed E-state index contributed by atoms with van der Waals surface area (Å²) in [6, 6.07) is 6.42. The first-order valence-electron chi connectivity index (χ1n) is 7.04. The van der Waals surface area contributed by atoms with E-state index in [1.54, 1.807) is 12.1 Å². The van der Waals surface area contributed by atoms with Gasteiger partial charge in [0.05, 0.1) is 18.1 Å². The van der Waals surface area contributed by atoms with Crippen molar-refractivity contribution in [2.75, 3.05) is 0 Å². The summed E-state index contributed by atoms with van der Waals surface area (Å²) in [6.45, 7) is 0. The number of phenols is 1. The molecule has 1 aliphatic heterocycles. The molecule has 0 unspecified atom stereocenters. The molecule has 2 fully saturated rings. The third-order valence-corrected chi connectivity index (χ3v) is 4.66. The summed E-state index contributed by atoms with van der Waals surface area (Å²) >= 11 is 0. The second-order valence-electron chi connectivity index (χ2n) is 5.82. The first-order valence-corrected chi connectivity index (χ1v) is 7.04. The quantitative estimate of drug-likeness (QED) is 0.508. The van der Waals surface area contributed by atoms with Crippen LogP contribution in [-0.2, 0) is 9.59 Å². The van der Waals surface area contributed by atoms with Crippen LogP contribution < -0.4 is 0 Å². The van der Waals surface area contributed by atoms with Crippen LogP contribution in [0.4, 0.5) is 0 Å². The highest BCUT2D eigenvalue weighted by molar-refractivity contribution is 6.06. The van der Waals surface area contributed by atoms with Crippen molar-refractivity contribution in [1.82, 2.24) is 5.01 Å². The van der Waals surface area contributed by atoms with Crippen LogP contribution in [0, 0.1) is 23.7 Å². The van der Waals surface area contributed by atoms with Gasteiger partial charge in [-0.15, -0.1) is 0 Å². The number of phenolic OH excluding ortho intramolecular Hbond substituents is 1. The largest absolute Gasteiger partial charge is 0.508 e. The SMILES string of the molecule is O=C1[C@@H]2[C@H](C(=O)N1/N=C\c1ccc(O)cc1)[C@H]1C=C[C@H]2C1.